The Balaban J connectivity index is 2.34. The van der Waals surface area contributed by atoms with E-state index in [0.29, 0.717) is 18.0 Å². The van der Waals surface area contributed by atoms with Gasteiger partial charge >= 0.3 is 5.97 Å². The number of carboxylic acid groups (broad SMARTS) is 1. The number of rotatable bonds is 5. The van der Waals surface area contributed by atoms with Gasteiger partial charge in [0.25, 0.3) is 0 Å². The molecule has 0 radical (unpaired) electrons. The summed E-state index contributed by atoms with van der Waals surface area (Å²) in [5.74, 6) is 2.38. The van der Waals surface area contributed by atoms with Gasteiger partial charge in [0.2, 0.25) is 0 Å². The molecular weight excluding hydrogens is 226 g/mol. The molecule has 0 atom stereocenters. The number of hydrogen-bond acceptors (Lipinski definition) is 2. The van der Waals surface area contributed by atoms with E-state index >= 15 is 0 Å². The molecule has 1 aliphatic carbocycles. The average Bonchev–Trinajstić information content (AvgIpc) is 3.12. The van der Waals surface area contributed by atoms with E-state index in [1.54, 1.807) is 6.07 Å². The zero-order chi connectivity index (χ0) is 13.1. The number of carboxylic acids is 1. The maximum absolute atomic E-state index is 11.3. The molecule has 3 nitrogen and oxygen atoms in total. The smallest absolute Gasteiger partial charge is 0.337 e. The predicted octanol–water partition coefficient (Wildman–Crippen LogP) is 2.54. The van der Waals surface area contributed by atoms with Crippen LogP contribution in [0.5, 0.6) is 0 Å². The van der Waals surface area contributed by atoms with Crippen LogP contribution >= 0.6 is 0 Å². The molecule has 0 amide bonds. The first-order valence-electron chi connectivity index (χ1n) is 6.14. The molecule has 0 unspecified atom stereocenters. The molecule has 1 saturated carbocycles. The van der Waals surface area contributed by atoms with E-state index in [4.69, 9.17) is 6.42 Å². The van der Waals surface area contributed by atoms with E-state index < -0.39 is 5.97 Å². The van der Waals surface area contributed by atoms with Gasteiger partial charge in [-0.05, 0) is 43.4 Å². The van der Waals surface area contributed by atoms with Crippen molar-refractivity contribution in [1.29, 1.82) is 0 Å². The maximum atomic E-state index is 11.3. The Labute approximate surface area is 107 Å². The fourth-order valence-electron chi connectivity index (χ4n) is 2.05. The first-order chi connectivity index (χ1) is 8.61. The van der Waals surface area contributed by atoms with Crippen LogP contribution in [0.2, 0.25) is 0 Å². The number of anilines is 1. The number of hydrogen-bond donors (Lipinski definition) is 1. The Hall–Kier alpha value is -1.95. The Morgan fingerprint density at radius 3 is 2.83 bits per heavy atom. The number of benzene rings is 1. The lowest BCUT2D eigenvalue weighted by atomic mass is 10.1. The predicted molar refractivity (Wildman–Crippen MR) is 71.9 cm³/mol. The summed E-state index contributed by atoms with van der Waals surface area (Å²) in [5.41, 5.74) is 2.12. The van der Waals surface area contributed by atoms with E-state index in [-0.39, 0.29) is 0 Å². The van der Waals surface area contributed by atoms with Gasteiger partial charge in [-0.1, -0.05) is 12.0 Å². The minimum atomic E-state index is -0.900. The van der Waals surface area contributed by atoms with Crippen LogP contribution in [-0.2, 0) is 0 Å². The Morgan fingerprint density at radius 1 is 1.56 bits per heavy atom. The molecule has 3 heteroatoms. The number of terminal acetylenes is 1. The summed E-state index contributed by atoms with van der Waals surface area (Å²) < 4.78 is 0. The standard InChI is InChI=1S/C15H17NO2/c1-3-8-16(10-12-5-6-12)14-9-11(2)4-7-13(14)15(17)18/h1,4,7,9,12H,5-6,8,10H2,2H3,(H,17,18). The van der Waals surface area contributed by atoms with Crippen molar-refractivity contribution in [2.75, 3.05) is 18.0 Å². The molecule has 1 N–H and O–H groups in total. The molecule has 0 spiro atoms. The third kappa shape index (κ3) is 2.84. The van der Waals surface area contributed by atoms with E-state index in [1.165, 1.54) is 12.8 Å². The fraction of sp³-hybridized carbons (Fsp3) is 0.400. The van der Waals surface area contributed by atoms with Gasteiger partial charge in [-0.3, -0.25) is 0 Å². The third-order valence-corrected chi connectivity index (χ3v) is 3.18. The van der Waals surface area contributed by atoms with Gasteiger partial charge in [-0.2, -0.15) is 0 Å². The summed E-state index contributed by atoms with van der Waals surface area (Å²) in [5, 5.41) is 9.25. The monoisotopic (exact) mass is 243 g/mol. The van der Waals surface area contributed by atoms with Crippen molar-refractivity contribution in [3.63, 3.8) is 0 Å². The third-order valence-electron chi connectivity index (χ3n) is 3.18. The van der Waals surface area contributed by atoms with Crippen LogP contribution in [0, 0.1) is 25.2 Å². The summed E-state index contributed by atoms with van der Waals surface area (Å²) in [6.45, 7) is 3.27. The van der Waals surface area contributed by atoms with Crippen LogP contribution in [0.25, 0.3) is 0 Å². The molecular formula is C15H17NO2. The highest BCUT2D eigenvalue weighted by atomic mass is 16.4. The van der Waals surface area contributed by atoms with Gasteiger partial charge in [0.1, 0.15) is 0 Å². The van der Waals surface area contributed by atoms with Crippen molar-refractivity contribution in [3.05, 3.63) is 29.3 Å². The molecule has 0 heterocycles. The zero-order valence-electron chi connectivity index (χ0n) is 10.5. The van der Waals surface area contributed by atoms with Crippen molar-refractivity contribution >= 4 is 11.7 Å². The van der Waals surface area contributed by atoms with E-state index in [0.717, 1.165) is 17.8 Å². The van der Waals surface area contributed by atoms with Crippen molar-refractivity contribution < 1.29 is 9.90 Å². The number of aryl methyl sites for hydroxylation is 1. The second-order valence-corrected chi connectivity index (χ2v) is 4.85. The van der Waals surface area contributed by atoms with Crippen molar-refractivity contribution in [3.8, 4) is 12.3 Å². The van der Waals surface area contributed by atoms with Crippen LogP contribution < -0.4 is 4.90 Å². The largest absolute Gasteiger partial charge is 0.478 e. The minimum Gasteiger partial charge on any atom is -0.478 e. The summed E-state index contributed by atoms with van der Waals surface area (Å²) in [6, 6.07) is 5.38. The van der Waals surface area contributed by atoms with E-state index in [9.17, 15) is 9.90 Å². The second kappa shape index (κ2) is 5.14. The molecule has 0 bridgehead atoms. The Kier molecular flexibility index (Phi) is 3.57. The summed E-state index contributed by atoms with van der Waals surface area (Å²) in [4.78, 5) is 13.3. The van der Waals surface area contributed by atoms with Gasteiger partial charge in [-0.15, -0.1) is 6.42 Å². The molecule has 18 heavy (non-hydrogen) atoms. The lowest BCUT2D eigenvalue weighted by Crippen LogP contribution is -2.28. The molecule has 0 aliphatic heterocycles. The van der Waals surface area contributed by atoms with Crippen LogP contribution in [-0.4, -0.2) is 24.2 Å². The summed E-state index contributed by atoms with van der Waals surface area (Å²) >= 11 is 0. The lowest BCUT2D eigenvalue weighted by Gasteiger charge is -2.24. The van der Waals surface area contributed by atoms with E-state index in [1.807, 2.05) is 24.0 Å². The summed E-state index contributed by atoms with van der Waals surface area (Å²) in [6.07, 6.45) is 7.82. The van der Waals surface area contributed by atoms with Crippen LogP contribution in [0.4, 0.5) is 5.69 Å². The highest BCUT2D eigenvalue weighted by Gasteiger charge is 2.26. The molecule has 94 valence electrons. The quantitative estimate of drug-likeness (QED) is 0.808. The fourth-order valence-corrected chi connectivity index (χ4v) is 2.05. The highest BCUT2D eigenvalue weighted by molar-refractivity contribution is 5.94. The van der Waals surface area contributed by atoms with Crippen molar-refractivity contribution in [2.24, 2.45) is 5.92 Å². The topological polar surface area (TPSA) is 40.5 Å². The number of carbonyl (C=O) groups is 1. The highest BCUT2D eigenvalue weighted by Crippen LogP contribution is 2.32. The van der Waals surface area contributed by atoms with Gasteiger partial charge in [0, 0.05) is 6.54 Å². The molecule has 1 aromatic carbocycles. The van der Waals surface area contributed by atoms with Crippen LogP contribution in [0.15, 0.2) is 18.2 Å². The molecule has 1 fully saturated rings. The molecule has 1 aliphatic rings. The first-order valence-corrected chi connectivity index (χ1v) is 6.14. The van der Waals surface area contributed by atoms with Gasteiger partial charge in [0.15, 0.2) is 0 Å². The van der Waals surface area contributed by atoms with E-state index in [2.05, 4.69) is 5.92 Å². The van der Waals surface area contributed by atoms with Crippen LogP contribution in [0.1, 0.15) is 28.8 Å². The van der Waals surface area contributed by atoms with Crippen molar-refractivity contribution in [1.82, 2.24) is 0 Å². The van der Waals surface area contributed by atoms with Gasteiger partial charge < -0.3 is 10.0 Å². The van der Waals surface area contributed by atoms with Crippen LogP contribution in [0.3, 0.4) is 0 Å². The maximum Gasteiger partial charge on any atom is 0.337 e. The number of nitrogens with zero attached hydrogens (tertiary/aromatic N) is 1. The molecule has 1 aromatic rings. The zero-order valence-corrected chi connectivity index (χ0v) is 10.5. The SMILES string of the molecule is C#CCN(CC1CC1)c1cc(C)ccc1C(=O)O. The lowest BCUT2D eigenvalue weighted by molar-refractivity contribution is 0.0697. The average molecular weight is 243 g/mol. The second-order valence-electron chi connectivity index (χ2n) is 4.85. The van der Waals surface area contributed by atoms with Gasteiger partial charge in [-0.25, -0.2) is 4.79 Å². The van der Waals surface area contributed by atoms with Gasteiger partial charge in [0.05, 0.1) is 17.8 Å². The first kappa shape index (κ1) is 12.5. The molecule has 2 rings (SSSR count). The Morgan fingerprint density at radius 2 is 2.28 bits per heavy atom. The minimum absolute atomic E-state index is 0.330. The normalized spacial score (nSPS) is 14.0. The molecule has 0 aromatic heterocycles. The molecule has 0 saturated heterocycles. The number of aromatic carboxylic acids is 1. The Bertz CT molecular complexity index is 498. The summed E-state index contributed by atoms with van der Waals surface area (Å²) in [7, 11) is 0. The van der Waals surface area contributed by atoms with Crippen molar-refractivity contribution in [2.45, 2.75) is 19.8 Å².